The van der Waals surface area contributed by atoms with E-state index in [-0.39, 0.29) is 16.8 Å². The zero-order valence-corrected chi connectivity index (χ0v) is 12.1. The Morgan fingerprint density at radius 1 is 1.25 bits per heavy atom. The Hall–Kier alpha value is -0.0900. The fraction of sp³-hybridized carbons (Fsp3) is 1.00. The molecule has 0 aromatic carbocycles. The maximum absolute atomic E-state index is 11.6. The van der Waals surface area contributed by atoms with Crippen molar-refractivity contribution in [1.82, 2.24) is 5.32 Å². The van der Waals surface area contributed by atoms with Crippen molar-refractivity contribution < 1.29 is 8.42 Å². The third kappa shape index (κ3) is 2.98. The highest BCUT2D eigenvalue weighted by Crippen LogP contribution is 2.38. The zero-order chi connectivity index (χ0) is 12.7. The van der Waals surface area contributed by atoms with Crippen LogP contribution in [0.2, 0.25) is 0 Å². The van der Waals surface area contributed by atoms with Gasteiger partial charge in [0.05, 0.1) is 0 Å². The van der Waals surface area contributed by atoms with Crippen LogP contribution in [0.5, 0.6) is 0 Å². The molecule has 0 saturated carbocycles. The molecule has 1 heterocycles. The topological polar surface area (TPSA) is 46.2 Å². The summed E-state index contributed by atoms with van der Waals surface area (Å²) in [5, 5.41) is 2.96. The van der Waals surface area contributed by atoms with Crippen molar-refractivity contribution in [2.24, 2.45) is 17.3 Å². The third-order valence-electron chi connectivity index (χ3n) is 3.59. The molecule has 16 heavy (non-hydrogen) atoms. The van der Waals surface area contributed by atoms with Crippen LogP contribution < -0.4 is 5.32 Å². The first kappa shape index (κ1) is 14.0. The second-order valence-electron chi connectivity index (χ2n) is 6.47. The van der Waals surface area contributed by atoms with Gasteiger partial charge in [0.2, 0.25) is 0 Å². The van der Waals surface area contributed by atoms with Crippen molar-refractivity contribution in [2.75, 3.05) is 6.26 Å². The van der Waals surface area contributed by atoms with Crippen LogP contribution in [0.3, 0.4) is 0 Å². The molecule has 1 N–H and O–H groups in total. The van der Waals surface area contributed by atoms with E-state index < -0.39 is 9.84 Å². The molecule has 1 saturated heterocycles. The molecule has 4 heteroatoms. The summed E-state index contributed by atoms with van der Waals surface area (Å²) in [6.07, 6.45) is 2.07. The van der Waals surface area contributed by atoms with Gasteiger partial charge in [0.1, 0.15) is 5.37 Å². The highest BCUT2D eigenvalue weighted by atomic mass is 32.2. The van der Waals surface area contributed by atoms with Gasteiger partial charge in [-0.15, -0.1) is 0 Å². The van der Waals surface area contributed by atoms with Gasteiger partial charge in [0, 0.05) is 12.3 Å². The van der Waals surface area contributed by atoms with Gasteiger partial charge in [-0.1, -0.05) is 34.6 Å². The maximum atomic E-state index is 11.6. The summed E-state index contributed by atoms with van der Waals surface area (Å²) in [7, 11) is -2.97. The van der Waals surface area contributed by atoms with E-state index in [2.05, 4.69) is 39.9 Å². The summed E-state index contributed by atoms with van der Waals surface area (Å²) in [6, 6.07) is 0.284. The first-order valence-electron chi connectivity index (χ1n) is 5.98. The first-order chi connectivity index (χ1) is 7.03. The average molecular weight is 247 g/mol. The molecule has 1 fully saturated rings. The lowest BCUT2D eigenvalue weighted by Gasteiger charge is -2.34. The lowest BCUT2D eigenvalue weighted by molar-refractivity contribution is 0.202. The Morgan fingerprint density at radius 3 is 2.00 bits per heavy atom. The minimum absolute atomic E-state index is 0.106. The first-order valence-corrected chi connectivity index (χ1v) is 7.94. The monoisotopic (exact) mass is 247 g/mol. The van der Waals surface area contributed by atoms with E-state index in [1.165, 1.54) is 6.26 Å². The highest BCUT2D eigenvalue weighted by Gasteiger charge is 2.44. The predicted molar refractivity (Wildman–Crippen MR) is 68.0 cm³/mol. The Balaban J connectivity index is 2.94. The molecule has 0 aromatic rings. The van der Waals surface area contributed by atoms with E-state index in [0.717, 1.165) is 6.42 Å². The van der Waals surface area contributed by atoms with Gasteiger partial charge in [0.25, 0.3) is 0 Å². The molecular weight excluding hydrogens is 222 g/mol. The van der Waals surface area contributed by atoms with Crippen LogP contribution in [0.1, 0.15) is 41.0 Å². The molecule has 0 spiro atoms. The van der Waals surface area contributed by atoms with E-state index in [0.29, 0.717) is 11.8 Å². The fourth-order valence-electron chi connectivity index (χ4n) is 2.62. The molecule has 0 amide bonds. The summed E-state index contributed by atoms with van der Waals surface area (Å²) >= 11 is 0. The summed E-state index contributed by atoms with van der Waals surface area (Å²) in [5.74, 6) is 0.961. The van der Waals surface area contributed by atoms with Gasteiger partial charge in [-0.25, -0.2) is 8.42 Å². The molecule has 0 bridgehead atoms. The lowest BCUT2D eigenvalue weighted by atomic mass is 9.76. The number of sulfone groups is 1. The van der Waals surface area contributed by atoms with E-state index in [9.17, 15) is 8.42 Å². The van der Waals surface area contributed by atoms with Gasteiger partial charge in [-0.05, 0) is 23.7 Å². The van der Waals surface area contributed by atoms with Gasteiger partial charge in [-0.3, -0.25) is 5.32 Å². The fourth-order valence-corrected chi connectivity index (χ4v) is 3.59. The average Bonchev–Trinajstić information content (AvgIpc) is 2.44. The van der Waals surface area contributed by atoms with Crippen LogP contribution in [0.15, 0.2) is 0 Å². The predicted octanol–water partition coefficient (Wildman–Crippen LogP) is 2.04. The normalized spacial score (nSPS) is 32.3. The van der Waals surface area contributed by atoms with Gasteiger partial charge in [0.15, 0.2) is 9.84 Å². The molecule has 96 valence electrons. The number of rotatable bonds is 2. The molecule has 3 unspecified atom stereocenters. The Labute approximate surface area is 99.9 Å². The summed E-state index contributed by atoms with van der Waals surface area (Å²) in [4.78, 5) is 0. The van der Waals surface area contributed by atoms with E-state index in [1.54, 1.807) is 0 Å². The van der Waals surface area contributed by atoms with Crippen LogP contribution in [-0.2, 0) is 9.84 Å². The molecular formula is C12H25NO2S. The number of nitrogens with one attached hydrogen (secondary N) is 1. The van der Waals surface area contributed by atoms with Gasteiger partial charge < -0.3 is 0 Å². The van der Waals surface area contributed by atoms with Crippen LogP contribution in [0, 0.1) is 17.3 Å². The Kier molecular flexibility index (Phi) is 3.75. The number of hydrogen-bond donors (Lipinski definition) is 1. The van der Waals surface area contributed by atoms with Gasteiger partial charge >= 0.3 is 0 Å². The van der Waals surface area contributed by atoms with Gasteiger partial charge in [-0.2, -0.15) is 0 Å². The van der Waals surface area contributed by atoms with E-state index in [4.69, 9.17) is 0 Å². The van der Waals surface area contributed by atoms with Crippen LogP contribution >= 0.6 is 0 Å². The Bertz CT molecular complexity index is 341. The molecule has 0 radical (unpaired) electrons. The van der Waals surface area contributed by atoms with Crippen LogP contribution in [-0.4, -0.2) is 26.1 Å². The maximum Gasteiger partial charge on any atom is 0.163 e. The summed E-state index contributed by atoms with van der Waals surface area (Å²) < 4.78 is 23.2. The summed E-state index contributed by atoms with van der Waals surface area (Å²) in [5.41, 5.74) is 0.106. The second kappa shape index (κ2) is 4.30. The van der Waals surface area contributed by atoms with Crippen LogP contribution in [0.4, 0.5) is 0 Å². The van der Waals surface area contributed by atoms with Crippen LogP contribution in [0.25, 0.3) is 0 Å². The van der Waals surface area contributed by atoms with Crippen molar-refractivity contribution >= 4 is 9.84 Å². The van der Waals surface area contributed by atoms with Crippen molar-refractivity contribution in [1.29, 1.82) is 0 Å². The minimum atomic E-state index is -2.97. The molecule has 1 aliphatic heterocycles. The molecule has 3 nitrogen and oxygen atoms in total. The van der Waals surface area contributed by atoms with Crippen molar-refractivity contribution in [3.63, 3.8) is 0 Å². The SMILES string of the molecule is CC(C)C1CC(S(C)(=O)=O)NC1C(C)(C)C. The minimum Gasteiger partial charge on any atom is -0.298 e. The number of hydrogen-bond acceptors (Lipinski definition) is 3. The Morgan fingerprint density at radius 2 is 1.75 bits per heavy atom. The largest absolute Gasteiger partial charge is 0.298 e. The molecule has 0 aromatic heterocycles. The standard InChI is InChI=1S/C12H25NO2S/c1-8(2)9-7-10(16(6,14)15)13-11(9)12(3,4)5/h8-11,13H,7H2,1-6H3. The lowest BCUT2D eigenvalue weighted by Crippen LogP contribution is -2.44. The third-order valence-corrected chi connectivity index (χ3v) is 4.95. The van der Waals surface area contributed by atoms with Crippen molar-refractivity contribution in [2.45, 2.75) is 52.5 Å². The molecule has 3 atom stereocenters. The quantitative estimate of drug-likeness (QED) is 0.812. The zero-order valence-electron chi connectivity index (χ0n) is 11.2. The van der Waals surface area contributed by atoms with Crippen molar-refractivity contribution in [3.8, 4) is 0 Å². The highest BCUT2D eigenvalue weighted by molar-refractivity contribution is 7.91. The second-order valence-corrected chi connectivity index (χ2v) is 8.70. The summed E-state index contributed by atoms with van der Waals surface area (Å²) in [6.45, 7) is 10.9. The van der Waals surface area contributed by atoms with Crippen molar-refractivity contribution in [3.05, 3.63) is 0 Å². The smallest absolute Gasteiger partial charge is 0.163 e. The molecule has 1 aliphatic rings. The van der Waals surface area contributed by atoms with E-state index in [1.807, 2.05) is 0 Å². The molecule has 0 aliphatic carbocycles. The molecule has 1 rings (SSSR count). The van der Waals surface area contributed by atoms with E-state index >= 15 is 0 Å².